The van der Waals surface area contributed by atoms with E-state index in [0.717, 1.165) is 42.2 Å². The van der Waals surface area contributed by atoms with Gasteiger partial charge in [0.1, 0.15) is 11.6 Å². The Morgan fingerprint density at radius 2 is 1.80 bits per heavy atom. The number of rotatable bonds is 8. The minimum Gasteiger partial charge on any atom is -0.372 e. The van der Waals surface area contributed by atoms with Crippen LogP contribution in [0.4, 0.5) is 17.1 Å². The largest absolute Gasteiger partial charge is 0.372 e. The van der Waals surface area contributed by atoms with Crippen molar-refractivity contribution in [2.24, 2.45) is 0 Å². The van der Waals surface area contributed by atoms with E-state index in [2.05, 4.69) is 29.4 Å². The van der Waals surface area contributed by atoms with E-state index in [1.54, 1.807) is 0 Å². The quantitative estimate of drug-likeness (QED) is 0.334. The number of nitriles is 1. The van der Waals surface area contributed by atoms with Gasteiger partial charge in [0.15, 0.2) is 0 Å². The maximum absolute atomic E-state index is 12.3. The van der Waals surface area contributed by atoms with E-state index in [1.165, 1.54) is 18.3 Å². The van der Waals surface area contributed by atoms with Gasteiger partial charge in [-0.2, -0.15) is 13.7 Å². The summed E-state index contributed by atoms with van der Waals surface area (Å²) < 4.78 is 31.1. The first-order valence-electron chi connectivity index (χ1n) is 9.30. The number of benzene rings is 2. The molecule has 0 aromatic heterocycles. The van der Waals surface area contributed by atoms with Crippen molar-refractivity contribution >= 4 is 33.1 Å². The van der Waals surface area contributed by atoms with E-state index in [1.807, 2.05) is 31.2 Å². The van der Waals surface area contributed by atoms with Crippen LogP contribution < -0.4 is 15.5 Å². The molecule has 9 heteroatoms. The zero-order chi connectivity index (χ0) is 22.3. The summed E-state index contributed by atoms with van der Waals surface area (Å²) in [6, 6.07) is 12.7. The molecule has 0 aliphatic rings. The molecule has 0 bridgehead atoms. The van der Waals surface area contributed by atoms with Crippen LogP contribution in [-0.2, 0) is 14.9 Å². The summed E-state index contributed by atoms with van der Waals surface area (Å²) in [5.74, 6) is -0.651. The maximum Gasteiger partial charge on any atom is 0.294 e. The number of carbonyl (C=O) groups is 1. The number of nitrogens with zero attached hydrogens (tertiary/aromatic N) is 2. The number of hydrogen-bond acceptors (Lipinski definition) is 6. The second kappa shape index (κ2) is 9.91. The standard InChI is InChI=1S/C21H24N4O4S/c1-4-25(5-2)18-8-11-20(15(3)12-18)23-14-16(13-22)21(26)24-17-6-9-19(10-7-17)30(27,28)29/h6-12,14,23H,4-5H2,1-3H3,(H,24,26)(H,27,28,29)/b16-14-. The van der Waals surface area contributed by atoms with Gasteiger partial charge in [0, 0.05) is 36.4 Å². The van der Waals surface area contributed by atoms with Crippen molar-refractivity contribution < 1.29 is 17.8 Å². The Balaban J connectivity index is 2.12. The van der Waals surface area contributed by atoms with Crippen molar-refractivity contribution in [3.63, 3.8) is 0 Å². The predicted molar refractivity (Wildman–Crippen MR) is 117 cm³/mol. The van der Waals surface area contributed by atoms with Crippen molar-refractivity contribution in [1.29, 1.82) is 5.26 Å². The highest BCUT2D eigenvalue weighted by atomic mass is 32.2. The first kappa shape index (κ1) is 22.9. The van der Waals surface area contributed by atoms with E-state index in [9.17, 15) is 18.5 Å². The van der Waals surface area contributed by atoms with Gasteiger partial charge in [0.05, 0.1) is 4.90 Å². The summed E-state index contributed by atoms with van der Waals surface area (Å²) in [7, 11) is -4.31. The minimum absolute atomic E-state index is 0.152. The third-order valence-electron chi connectivity index (χ3n) is 4.49. The van der Waals surface area contributed by atoms with Crippen molar-refractivity contribution in [2.75, 3.05) is 28.6 Å². The lowest BCUT2D eigenvalue weighted by atomic mass is 10.1. The van der Waals surface area contributed by atoms with Crippen LogP contribution in [0.5, 0.6) is 0 Å². The van der Waals surface area contributed by atoms with Crippen LogP contribution >= 0.6 is 0 Å². The summed E-state index contributed by atoms with van der Waals surface area (Å²) in [6.07, 6.45) is 1.32. The molecule has 0 atom stereocenters. The van der Waals surface area contributed by atoms with E-state index < -0.39 is 16.0 Å². The summed E-state index contributed by atoms with van der Waals surface area (Å²) >= 11 is 0. The minimum atomic E-state index is -4.31. The molecule has 0 unspecified atom stereocenters. The van der Waals surface area contributed by atoms with Crippen molar-refractivity contribution in [3.8, 4) is 6.07 Å². The smallest absolute Gasteiger partial charge is 0.294 e. The third kappa shape index (κ3) is 5.83. The molecule has 0 aliphatic carbocycles. The molecule has 30 heavy (non-hydrogen) atoms. The summed E-state index contributed by atoms with van der Waals surface area (Å²) in [4.78, 5) is 14.3. The molecule has 0 spiro atoms. The lowest BCUT2D eigenvalue weighted by Gasteiger charge is -2.22. The normalized spacial score (nSPS) is 11.5. The lowest BCUT2D eigenvalue weighted by molar-refractivity contribution is -0.112. The molecule has 0 aliphatic heterocycles. The monoisotopic (exact) mass is 428 g/mol. The number of carbonyl (C=O) groups excluding carboxylic acids is 1. The zero-order valence-corrected chi connectivity index (χ0v) is 17.8. The fourth-order valence-electron chi connectivity index (χ4n) is 2.80. The number of nitrogens with one attached hydrogen (secondary N) is 2. The Morgan fingerprint density at radius 3 is 2.30 bits per heavy atom. The van der Waals surface area contributed by atoms with E-state index in [-0.39, 0.29) is 16.2 Å². The molecule has 3 N–H and O–H groups in total. The molecular weight excluding hydrogens is 404 g/mol. The highest BCUT2D eigenvalue weighted by molar-refractivity contribution is 7.85. The SMILES string of the molecule is CCN(CC)c1ccc(N/C=C(/C#N)C(=O)Nc2ccc(S(=O)(=O)O)cc2)c(C)c1. The number of amides is 1. The molecule has 2 rings (SSSR count). The van der Waals surface area contributed by atoms with E-state index in [0.29, 0.717) is 0 Å². The van der Waals surface area contributed by atoms with Crippen LogP contribution in [0.25, 0.3) is 0 Å². The molecule has 0 radical (unpaired) electrons. The van der Waals surface area contributed by atoms with Gasteiger partial charge in [-0.25, -0.2) is 0 Å². The van der Waals surface area contributed by atoms with Gasteiger partial charge in [-0.1, -0.05) is 0 Å². The van der Waals surface area contributed by atoms with Crippen LogP contribution in [0.3, 0.4) is 0 Å². The van der Waals surface area contributed by atoms with Gasteiger partial charge in [-0.05, 0) is 68.8 Å². The number of hydrogen-bond donors (Lipinski definition) is 3. The Bertz CT molecular complexity index is 1080. The molecule has 0 fully saturated rings. The van der Waals surface area contributed by atoms with Crippen LogP contribution in [0.1, 0.15) is 19.4 Å². The van der Waals surface area contributed by atoms with Gasteiger partial charge in [-0.3, -0.25) is 9.35 Å². The highest BCUT2D eigenvalue weighted by Gasteiger charge is 2.12. The zero-order valence-electron chi connectivity index (χ0n) is 17.0. The average Bonchev–Trinajstić information content (AvgIpc) is 2.70. The molecule has 0 heterocycles. The third-order valence-corrected chi connectivity index (χ3v) is 5.35. The molecule has 2 aromatic rings. The second-order valence-electron chi connectivity index (χ2n) is 6.44. The molecule has 2 aromatic carbocycles. The highest BCUT2D eigenvalue weighted by Crippen LogP contribution is 2.23. The Morgan fingerprint density at radius 1 is 1.17 bits per heavy atom. The van der Waals surface area contributed by atoms with Gasteiger partial charge < -0.3 is 15.5 Å². The maximum atomic E-state index is 12.3. The molecular formula is C21H24N4O4S. The van der Waals surface area contributed by atoms with Crippen molar-refractivity contribution in [1.82, 2.24) is 0 Å². The predicted octanol–water partition coefficient (Wildman–Crippen LogP) is 3.55. The van der Waals surface area contributed by atoms with Crippen LogP contribution in [0, 0.1) is 18.3 Å². The Labute approximate surface area is 176 Å². The fourth-order valence-corrected chi connectivity index (χ4v) is 3.28. The van der Waals surface area contributed by atoms with E-state index >= 15 is 0 Å². The van der Waals surface area contributed by atoms with Gasteiger partial charge in [-0.15, -0.1) is 0 Å². The van der Waals surface area contributed by atoms with Crippen molar-refractivity contribution in [3.05, 3.63) is 59.8 Å². The first-order valence-corrected chi connectivity index (χ1v) is 10.7. The number of anilines is 3. The first-order chi connectivity index (χ1) is 14.2. The summed E-state index contributed by atoms with van der Waals surface area (Å²) in [5, 5.41) is 14.8. The second-order valence-corrected chi connectivity index (χ2v) is 7.86. The van der Waals surface area contributed by atoms with Crippen LogP contribution in [0.15, 0.2) is 59.1 Å². The molecule has 158 valence electrons. The van der Waals surface area contributed by atoms with Gasteiger partial charge in [0.25, 0.3) is 16.0 Å². The molecule has 0 saturated heterocycles. The Hall–Kier alpha value is -3.35. The summed E-state index contributed by atoms with van der Waals surface area (Å²) in [5.41, 5.74) is 2.96. The molecule has 8 nitrogen and oxygen atoms in total. The van der Waals surface area contributed by atoms with Gasteiger partial charge in [0.2, 0.25) is 0 Å². The van der Waals surface area contributed by atoms with Crippen LogP contribution in [-0.4, -0.2) is 32.0 Å². The Kier molecular flexibility index (Phi) is 7.58. The fraction of sp³-hybridized carbons (Fsp3) is 0.238. The number of aryl methyl sites for hydroxylation is 1. The topological polar surface area (TPSA) is 123 Å². The molecule has 1 amide bonds. The summed E-state index contributed by atoms with van der Waals surface area (Å²) in [6.45, 7) is 7.90. The van der Waals surface area contributed by atoms with E-state index in [4.69, 9.17) is 4.55 Å². The lowest BCUT2D eigenvalue weighted by Crippen LogP contribution is -2.21. The van der Waals surface area contributed by atoms with Crippen LogP contribution in [0.2, 0.25) is 0 Å². The average molecular weight is 429 g/mol. The van der Waals surface area contributed by atoms with Gasteiger partial charge >= 0.3 is 0 Å². The molecule has 0 saturated carbocycles. The van der Waals surface area contributed by atoms with Crippen molar-refractivity contribution in [2.45, 2.75) is 25.7 Å².